The van der Waals surface area contributed by atoms with E-state index in [1.165, 1.54) is 0 Å². The quantitative estimate of drug-likeness (QED) is 0.811. The van der Waals surface area contributed by atoms with Gasteiger partial charge < -0.3 is 19.6 Å². The molecule has 0 aromatic carbocycles. The number of carbonyl (C=O) groups excluding carboxylic acids is 3. The molecular formula is C22H29N3O5. The number of aromatic nitrogens is 1. The highest BCUT2D eigenvalue weighted by molar-refractivity contribution is 6.10. The molecule has 1 aromatic heterocycles. The second kappa shape index (κ2) is 8.45. The first-order valence-electron chi connectivity index (χ1n) is 10.3. The van der Waals surface area contributed by atoms with E-state index in [2.05, 4.69) is 4.98 Å². The van der Waals surface area contributed by atoms with E-state index in [1.54, 1.807) is 62.0 Å². The molecule has 2 amide bonds. The highest BCUT2D eigenvalue weighted by atomic mass is 16.6. The van der Waals surface area contributed by atoms with Gasteiger partial charge in [0.1, 0.15) is 0 Å². The lowest BCUT2D eigenvalue weighted by Gasteiger charge is -2.39. The van der Waals surface area contributed by atoms with Crippen molar-refractivity contribution < 1.29 is 24.2 Å². The highest BCUT2D eigenvalue weighted by Gasteiger charge is 2.48. The van der Waals surface area contributed by atoms with Gasteiger partial charge in [0.25, 0.3) is 5.91 Å². The largest absolute Gasteiger partial charge is 0.503 e. The third-order valence-corrected chi connectivity index (χ3v) is 5.58. The Kier molecular flexibility index (Phi) is 6.14. The molecule has 8 heteroatoms. The lowest BCUT2D eigenvalue weighted by molar-refractivity contribution is -0.132. The summed E-state index contributed by atoms with van der Waals surface area (Å²) in [6.07, 6.45) is 3.93. The van der Waals surface area contributed by atoms with Crippen LogP contribution in [0.25, 0.3) is 0 Å². The molecule has 1 fully saturated rings. The molecule has 0 aliphatic carbocycles. The van der Waals surface area contributed by atoms with Crippen molar-refractivity contribution in [3.63, 3.8) is 0 Å². The first-order valence-corrected chi connectivity index (χ1v) is 10.3. The van der Waals surface area contributed by atoms with Gasteiger partial charge >= 0.3 is 6.09 Å². The minimum absolute atomic E-state index is 0.131. The Morgan fingerprint density at radius 1 is 1.20 bits per heavy atom. The first kappa shape index (κ1) is 21.8. The highest BCUT2D eigenvalue weighted by Crippen LogP contribution is 2.43. The fraction of sp³-hybridized carbons (Fsp3) is 0.545. The van der Waals surface area contributed by atoms with Gasteiger partial charge in [-0.05, 0) is 37.5 Å². The zero-order chi connectivity index (χ0) is 22.1. The molecule has 2 aliphatic heterocycles. The Labute approximate surface area is 176 Å². The van der Waals surface area contributed by atoms with Crippen LogP contribution in [0.4, 0.5) is 4.79 Å². The van der Waals surface area contributed by atoms with Gasteiger partial charge in [-0.3, -0.25) is 14.6 Å². The molecule has 3 heterocycles. The van der Waals surface area contributed by atoms with Crippen LogP contribution in [0, 0.1) is 5.41 Å². The van der Waals surface area contributed by atoms with Gasteiger partial charge in [-0.1, -0.05) is 20.8 Å². The van der Waals surface area contributed by atoms with E-state index in [0.717, 1.165) is 5.56 Å². The third-order valence-electron chi connectivity index (χ3n) is 5.58. The molecule has 8 nitrogen and oxygen atoms in total. The molecule has 1 atom stereocenters. The Balaban J connectivity index is 1.92. The Morgan fingerprint density at radius 2 is 1.80 bits per heavy atom. The van der Waals surface area contributed by atoms with Crippen LogP contribution in [0.1, 0.15) is 52.1 Å². The van der Waals surface area contributed by atoms with Crippen LogP contribution in [0.3, 0.4) is 0 Å². The molecule has 30 heavy (non-hydrogen) atoms. The predicted molar refractivity (Wildman–Crippen MR) is 110 cm³/mol. The Bertz CT molecular complexity index is 851. The van der Waals surface area contributed by atoms with Gasteiger partial charge in [0.2, 0.25) is 0 Å². The van der Waals surface area contributed by atoms with Crippen molar-refractivity contribution in [3.05, 3.63) is 41.4 Å². The molecule has 162 valence electrons. The van der Waals surface area contributed by atoms with E-state index in [0.29, 0.717) is 32.5 Å². The third kappa shape index (κ3) is 4.04. The normalized spacial score (nSPS) is 20.7. The number of ketones is 1. The summed E-state index contributed by atoms with van der Waals surface area (Å²) in [5.74, 6) is -1.29. The summed E-state index contributed by atoms with van der Waals surface area (Å²) in [5, 5.41) is 10.7. The molecule has 2 aliphatic rings. The zero-order valence-corrected chi connectivity index (χ0v) is 17.9. The fourth-order valence-corrected chi connectivity index (χ4v) is 4.05. The van der Waals surface area contributed by atoms with E-state index in [1.807, 2.05) is 0 Å². The smallest absolute Gasteiger partial charge is 0.409 e. The predicted octanol–water partition coefficient (Wildman–Crippen LogP) is 3.01. The van der Waals surface area contributed by atoms with Gasteiger partial charge in [-0.2, -0.15) is 0 Å². The van der Waals surface area contributed by atoms with Crippen LogP contribution in [-0.4, -0.2) is 63.4 Å². The van der Waals surface area contributed by atoms with Gasteiger partial charge in [0.05, 0.1) is 18.2 Å². The van der Waals surface area contributed by atoms with Crippen LogP contribution in [0.15, 0.2) is 35.9 Å². The summed E-state index contributed by atoms with van der Waals surface area (Å²) in [6, 6.07) is 2.63. The number of carbonyl (C=O) groups is 3. The number of hydrogen-bond donors (Lipinski definition) is 1. The fourth-order valence-electron chi connectivity index (χ4n) is 4.05. The Hall–Kier alpha value is -2.90. The molecule has 1 aromatic rings. The topological polar surface area (TPSA) is 100 Å². The lowest BCUT2D eigenvalue weighted by Crippen LogP contribution is -2.49. The number of hydrogen-bond acceptors (Lipinski definition) is 6. The lowest BCUT2D eigenvalue weighted by atomic mass is 9.82. The maximum Gasteiger partial charge on any atom is 0.409 e. The van der Waals surface area contributed by atoms with E-state index in [9.17, 15) is 19.5 Å². The Morgan fingerprint density at radius 3 is 2.33 bits per heavy atom. The number of likely N-dealkylation sites (tertiary alicyclic amines) is 1. The average molecular weight is 415 g/mol. The van der Waals surface area contributed by atoms with Crippen LogP contribution in [0.5, 0.6) is 0 Å². The van der Waals surface area contributed by atoms with Crippen molar-refractivity contribution in [2.75, 3.05) is 19.7 Å². The molecule has 1 saturated heterocycles. The number of amides is 2. The van der Waals surface area contributed by atoms with Crippen molar-refractivity contribution >= 4 is 17.8 Å². The second-order valence-electron chi connectivity index (χ2n) is 8.65. The summed E-state index contributed by atoms with van der Waals surface area (Å²) in [4.78, 5) is 45.5. The number of rotatable bonds is 4. The maximum absolute atomic E-state index is 13.2. The monoisotopic (exact) mass is 415 g/mol. The first-order chi connectivity index (χ1) is 14.2. The number of aliphatic hydroxyl groups is 1. The summed E-state index contributed by atoms with van der Waals surface area (Å²) in [7, 11) is 0. The molecule has 1 unspecified atom stereocenters. The summed E-state index contributed by atoms with van der Waals surface area (Å²) < 4.78 is 5.06. The number of Topliss-reactive ketones (excluding diaryl/α,β-unsaturated/α-hetero) is 1. The zero-order valence-electron chi connectivity index (χ0n) is 17.9. The van der Waals surface area contributed by atoms with E-state index in [-0.39, 0.29) is 23.5 Å². The molecule has 0 bridgehead atoms. The number of aliphatic hydroxyl groups excluding tert-OH is 1. The van der Waals surface area contributed by atoms with Crippen LogP contribution in [0.2, 0.25) is 0 Å². The summed E-state index contributed by atoms with van der Waals surface area (Å²) in [6.45, 7) is 8.26. The summed E-state index contributed by atoms with van der Waals surface area (Å²) >= 11 is 0. The van der Waals surface area contributed by atoms with Gasteiger partial charge in [0, 0.05) is 36.9 Å². The van der Waals surface area contributed by atoms with Crippen molar-refractivity contribution in [1.82, 2.24) is 14.8 Å². The molecule has 0 spiro atoms. The number of ether oxygens (including phenoxy) is 1. The molecule has 0 radical (unpaired) electrons. The number of pyridine rings is 1. The van der Waals surface area contributed by atoms with Crippen LogP contribution in [-0.2, 0) is 14.3 Å². The van der Waals surface area contributed by atoms with Gasteiger partial charge in [-0.15, -0.1) is 0 Å². The second-order valence-corrected chi connectivity index (χ2v) is 8.65. The SMILES string of the molecule is CCOC(=O)N1CCC(N2C(=O)C(O)=C(C(=O)C(C)(C)C)C2c2ccncc2)CC1. The number of nitrogens with zero attached hydrogens (tertiary/aromatic N) is 3. The minimum Gasteiger partial charge on any atom is -0.503 e. The molecule has 3 rings (SSSR count). The summed E-state index contributed by atoms with van der Waals surface area (Å²) in [5.41, 5.74) is 0.104. The van der Waals surface area contributed by atoms with Crippen molar-refractivity contribution in [2.45, 2.75) is 52.6 Å². The van der Waals surface area contributed by atoms with E-state index >= 15 is 0 Å². The van der Waals surface area contributed by atoms with Gasteiger partial charge in [0.15, 0.2) is 11.5 Å². The number of piperidine rings is 1. The maximum atomic E-state index is 13.2. The van der Waals surface area contributed by atoms with E-state index in [4.69, 9.17) is 4.74 Å². The molecule has 1 N–H and O–H groups in total. The van der Waals surface area contributed by atoms with Crippen molar-refractivity contribution in [1.29, 1.82) is 0 Å². The van der Waals surface area contributed by atoms with E-state index < -0.39 is 23.1 Å². The van der Waals surface area contributed by atoms with Crippen LogP contribution < -0.4 is 0 Å². The average Bonchev–Trinajstić information content (AvgIpc) is 2.98. The van der Waals surface area contributed by atoms with Crippen molar-refractivity contribution in [3.8, 4) is 0 Å². The minimum atomic E-state index is -0.752. The van der Waals surface area contributed by atoms with Crippen molar-refractivity contribution in [2.24, 2.45) is 5.41 Å². The van der Waals surface area contributed by atoms with Crippen LogP contribution >= 0.6 is 0 Å². The standard InChI is InChI=1S/C22H29N3O5/c1-5-30-21(29)24-12-8-15(9-13-24)25-17(14-6-10-23-11-7-14)16(18(26)20(25)28)19(27)22(2,3)4/h6-7,10-11,15,17,26H,5,8-9,12-13H2,1-4H3. The van der Waals surface area contributed by atoms with Gasteiger partial charge in [-0.25, -0.2) is 4.79 Å². The molecule has 0 saturated carbocycles. The molecular weight excluding hydrogens is 386 g/mol.